The van der Waals surface area contributed by atoms with Gasteiger partial charge in [-0.15, -0.1) is 0 Å². The van der Waals surface area contributed by atoms with Gasteiger partial charge in [0.15, 0.2) is 0 Å². The molecule has 0 saturated carbocycles. The minimum absolute atomic E-state index is 0.286. The fourth-order valence-corrected chi connectivity index (χ4v) is 3.19. The van der Waals surface area contributed by atoms with Crippen LogP contribution in [0.2, 0.25) is 0 Å². The number of morpholine rings is 1. The average molecular weight is 235 g/mol. The van der Waals surface area contributed by atoms with E-state index >= 15 is 0 Å². The summed E-state index contributed by atoms with van der Waals surface area (Å²) in [5, 5.41) is 0. The number of fused-ring (bicyclic) bond motifs is 1. The molecule has 4 nitrogen and oxygen atoms in total. The zero-order chi connectivity index (χ0) is 11.8. The summed E-state index contributed by atoms with van der Waals surface area (Å²) in [6, 6.07) is 0.775. The molecule has 1 aromatic heterocycles. The zero-order valence-corrected chi connectivity index (χ0v) is 10.4. The number of rotatable bonds is 1. The molecule has 2 aliphatic rings. The molecule has 1 aliphatic carbocycles. The number of hydrogen-bond acceptors (Lipinski definition) is 3. The molecular formula is C13H21N3O. The molecule has 2 heterocycles. The van der Waals surface area contributed by atoms with Gasteiger partial charge in [0.1, 0.15) is 0 Å². The second kappa shape index (κ2) is 4.44. The Hall–Kier alpha value is -0.840. The van der Waals surface area contributed by atoms with Crippen LogP contribution in [0.25, 0.3) is 0 Å². The maximum absolute atomic E-state index is 6.18. The summed E-state index contributed by atoms with van der Waals surface area (Å²) >= 11 is 0. The Kier molecular flexibility index (Phi) is 2.94. The quantitative estimate of drug-likeness (QED) is 0.762. The van der Waals surface area contributed by atoms with Crippen LogP contribution in [0.5, 0.6) is 0 Å². The summed E-state index contributed by atoms with van der Waals surface area (Å²) in [6.07, 6.45) is 4.19. The molecule has 0 radical (unpaired) electrons. The first kappa shape index (κ1) is 11.3. The number of aromatic nitrogens is 1. The maximum Gasteiger partial charge on any atom is 0.0594 e. The lowest BCUT2D eigenvalue weighted by atomic mass is 9.86. The molecule has 0 aromatic carbocycles. The van der Waals surface area contributed by atoms with E-state index in [0.29, 0.717) is 6.04 Å². The Morgan fingerprint density at radius 2 is 2.18 bits per heavy atom. The summed E-state index contributed by atoms with van der Waals surface area (Å²) < 4.78 is 5.44. The molecule has 4 heteroatoms. The standard InChI is InChI=1S/C13H21N3O/c1-9-8-15-11-6-10(14)7-12(13(9)11)16-2-4-17-5-3-16/h8,10,12,15H,2-7,14H2,1H3. The minimum atomic E-state index is 0.286. The minimum Gasteiger partial charge on any atom is -0.379 e. The third-order valence-corrected chi connectivity index (χ3v) is 4.02. The monoisotopic (exact) mass is 235 g/mol. The van der Waals surface area contributed by atoms with Gasteiger partial charge in [0.2, 0.25) is 0 Å². The normalized spacial score (nSPS) is 30.2. The smallest absolute Gasteiger partial charge is 0.0594 e. The average Bonchev–Trinajstić information content (AvgIpc) is 2.71. The van der Waals surface area contributed by atoms with Gasteiger partial charge in [0.25, 0.3) is 0 Å². The number of H-pyrrole nitrogens is 1. The lowest BCUT2D eigenvalue weighted by Crippen LogP contribution is -2.44. The molecule has 0 bridgehead atoms. The van der Waals surface area contributed by atoms with Gasteiger partial charge < -0.3 is 15.5 Å². The topological polar surface area (TPSA) is 54.3 Å². The molecule has 2 atom stereocenters. The molecule has 17 heavy (non-hydrogen) atoms. The molecule has 3 rings (SSSR count). The Bertz CT molecular complexity index is 395. The predicted molar refractivity (Wildman–Crippen MR) is 67.0 cm³/mol. The van der Waals surface area contributed by atoms with Crippen LogP contribution < -0.4 is 5.73 Å². The predicted octanol–water partition coefficient (Wildman–Crippen LogP) is 0.970. The van der Waals surface area contributed by atoms with Crippen LogP contribution in [0, 0.1) is 6.92 Å². The molecule has 1 aliphatic heterocycles. The summed E-state index contributed by atoms with van der Waals surface area (Å²) in [6.45, 7) is 5.96. The number of nitrogens with one attached hydrogen (secondary N) is 1. The zero-order valence-electron chi connectivity index (χ0n) is 10.4. The number of ether oxygens (including phenoxy) is 1. The number of aromatic amines is 1. The van der Waals surface area contributed by atoms with Gasteiger partial charge in [-0.25, -0.2) is 0 Å². The molecule has 94 valence electrons. The first-order chi connectivity index (χ1) is 8.25. The van der Waals surface area contributed by atoms with Gasteiger partial charge in [-0.3, -0.25) is 4.90 Å². The van der Waals surface area contributed by atoms with Crippen molar-refractivity contribution in [2.24, 2.45) is 5.73 Å². The van der Waals surface area contributed by atoms with Crippen LogP contribution in [0.1, 0.15) is 29.3 Å². The lowest BCUT2D eigenvalue weighted by Gasteiger charge is -2.39. The van der Waals surface area contributed by atoms with E-state index in [1.807, 2.05) is 0 Å². The summed E-state index contributed by atoms with van der Waals surface area (Å²) in [5.41, 5.74) is 10.4. The van der Waals surface area contributed by atoms with Gasteiger partial charge in [0.05, 0.1) is 13.2 Å². The highest BCUT2D eigenvalue weighted by Crippen LogP contribution is 2.35. The van der Waals surface area contributed by atoms with Crippen LogP contribution in [-0.4, -0.2) is 42.2 Å². The van der Waals surface area contributed by atoms with E-state index in [4.69, 9.17) is 10.5 Å². The van der Waals surface area contributed by atoms with Crippen molar-refractivity contribution in [3.8, 4) is 0 Å². The Morgan fingerprint density at radius 1 is 1.41 bits per heavy atom. The van der Waals surface area contributed by atoms with Crippen LogP contribution in [0.3, 0.4) is 0 Å². The van der Waals surface area contributed by atoms with Gasteiger partial charge >= 0.3 is 0 Å². The van der Waals surface area contributed by atoms with Crippen molar-refractivity contribution in [3.05, 3.63) is 23.0 Å². The fourth-order valence-electron chi connectivity index (χ4n) is 3.19. The van der Waals surface area contributed by atoms with E-state index < -0.39 is 0 Å². The molecule has 1 saturated heterocycles. The second-order valence-corrected chi connectivity index (χ2v) is 5.23. The van der Waals surface area contributed by atoms with Crippen molar-refractivity contribution in [2.45, 2.75) is 31.8 Å². The Morgan fingerprint density at radius 3 is 2.94 bits per heavy atom. The number of aryl methyl sites for hydroxylation is 1. The van der Waals surface area contributed by atoms with E-state index in [1.165, 1.54) is 16.8 Å². The first-order valence-corrected chi connectivity index (χ1v) is 6.50. The molecule has 2 unspecified atom stereocenters. The van der Waals surface area contributed by atoms with Gasteiger partial charge in [-0.2, -0.15) is 0 Å². The molecule has 3 N–H and O–H groups in total. The summed E-state index contributed by atoms with van der Waals surface area (Å²) in [4.78, 5) is 5.92. The SMILES string of the molecule is Cc1c[nH]c2c1C(N1CCOCC1)CC(N)C2. The van der Waals surface area contributed by atoms with Crippen LogP contribution >= 0.6 is 0 Å². The highest BCUT2D eigenvalue weighted by molar-refractivity contribution is 5.36. The highest BCUT2D eigenvalue weighted by atomic mass is 16.5. The molecule has 1 aromatic rings. The van der Waals surface area contributed by atoms with Crippen LogP contribution in [0.4, 0.5) is 0 Å². The second-order valence-electron chi connectivity index (χ2n) is 5.23. The van der Waals surface area contributed by atoms with Gasteiger partial charge in [-0.1, -0.05) is 0 Å². The fraction of sp³-hybridized carbons (Fsp3) is 0.692. The third-order valence-electron chi connectivity index (χ3n) is 4.02. The van der Waals surface area contributed by atoms with E-state index in [2.05, 4.69) is 23.0 Å². The van der Waals surface area contributed by atoms with Gasteiger partial charge in [0, 0.05) is 43.5 Å². The van der Waals surface area contributed by atoms with E-state index in [0.717, 1.165) is 39.1 Å². The number of hydrogen-bond donors (Lipinski definition) is 2. The van der Waals surface area contributed by atoms with E-state index in [1.54, 1.807) is 0 Å². The lowest BCUT2D eigenvalue weighted by molar-refractivity contribution is 0.0110. The maximum atomic E-state index is 6.18. The summed E-state index contributed by atoms with van der Waals surface area (Å²) in [7, 11) is 0. The van der Waals surface area contributed by atoms with Crippen molar-refractivity contribution in [1.82, 2.24) is 9.88 Å². The van der Waals surface area contributed by atoms with Crippen LogP contribution in [-0.2, 0) is 11.2 Å². The summed E-state index contributed by atoms with van der Waals surface area (Å²) in [5.74, 6) is 0. The molecule has 1 fully saturated rings. The van der Waals surface area contributed by atoms with E-state index in [9.17, 15) is 0 Å². The van der Waals surface area contributed by atoms with Gasteiger partial charge in [-0.05, 0) is 24.5 Å². The highest BCUT2D eigenvalue weighted by Gasteiger charge is 2.32. The third kappa shape index (κ3) is 2.01. The molecular weight excluding hydrogens is 214 g/mol. The number of nitrogens with zero attached hydrogens (tertiary/aromatic N) is 1. The Labute approximate surface area is 102 Å². The first-order valence-electron chi connectivity index (χ1n) is 6.50. The molecule has 0 amide bonds. The number of nitrogens with two attached hydrogens (primary N) is 1. The Balaban J connectivity index is 1.90. The van der Waals surface area contributed by atoms with Crippen molar-refractivity contribution in [2.75, 3.05) is 26.3 Å². The van der Waals surface area contributed by atoms with Crippen LogP contribution in [0.15, 0.2) is 6.20 Å². The van der Waals surface area contributed by atoms with Crippen molar-refractivity contribution >= 4 is 0 Å². The van der Waals surface area contributed by atoms with E-state index in [-0.39, 0.29) is 6.04 Å². The largest absolute Gasteiger partial charge is 0.379 e. The van der Waals surface area contributed by atoms with Crippen molar-refractivity contribution < 1.29 is 4.74 Å². The van der Waals surface area contributed by atoms with Crippen molar-refractivity contribution in [1.29, 1.82) is 0 Å². The molecule has 0 spiro atoms. The van der Waals surface area contributed by atoms with Crippen molar-refractivity contribution in [3.63, 3.8) is 0 Å².